The average molecular weight is 659 g/mol. The number of carbonyl (C=O) groups is 2. The van der Waals surface area contributed by atoms with E-state index in [0.717, 1.165) is 49.9 Å². The van der Waals surface area contributed by atoms with E-state index in [4.69, 9.17) is 52.1 Å². The molecule has 0 aromatic heterocycles. The molecule has 0 bridgehead atoms. The summed E-state index contributed by atoms with van der Waals surface area (Å²) in [7, 11) is 0. The lowest BCUT2D eigenvalue weighted by atomic mass is 9.94. The SMILES string of the molecule is CC(C)C[C@@H]1CN(C(=O)CCc2ccc(Cl)c(Cl)c2)[C@@H](CCCCNCCN)CN1C(=O)CCc1ccc(Cl)c(Cl)c1. The molecule has 1 saturated heterocycles. The number of amides is 2. The van der Waals surface area contributed by atoms with E-state index >= 15 is 0 Å². The molecule has 0 radical (unpaired) electrons. The van der Waals surface area contributed by atoms with Gasteiger partial charge in [0, 0.05) is 51.1 Å². The standard InChI is InChI=1S/C32H44Cl4N4O2/c1-22(2)17-26-21-39(31(41)12-8-23-6-10-27(33)29(35)18-23)25(5-3-4-15-38-16-14-37)20-40(26)32(42)13-9-24-7-11-28(34)30(36)19-24/h6-7,10-11,18-19,22,25-26,38H,3-5,8-9,12-17,20-21,37H2,1-2H3/t25-,26+/m0/s1. The Morgan fingerprint density at radius 2 is 1.33 bits per heavy atom. The van der Waals surface area contributed by atoms with Crippen LogP contribution in [-0.4, -0.2) is 66.4 Å². The zero-order chi connectivity index (χ0) is 30.6. The zero-order valence-corrected chi connectivity index (χ0v) is 27.7. The molecule has 2 aromatic rings. The topological polar surface area (TPSA) is 78.7 Å². The molecule has 1 aliphatic heterocycles. The molecule has 1 heterocycles. The van der Waals surface area contributed by atoms with Crippen molar-refractivity contribution in [2.24, 2.45) is 11.7 Å². The van der Waals surface area contributed by atoms with Gasteiger partial charge in [-0.05, 0) is 80.0 Å². The Hall–Kier alpha value is -1.54. The normalized spacial score (nSPS) is 17.2. The maximum atomic E-state index is 13.7. The van der Waals surface area contributed by atoms with Gasteiger partial charge in [0.05, 0.1) is 20.1 Å². The van der Waals surface area contributed by atoms with Crippen molar-refractivity contribution in [2.75, 3.05) is 32.7 Å². The zero-order valence-electron chi connectivity index (χ0n) is 24.7. The monoisotopic (exact) mass is 656 g/mol. The number of carbonyl (C=O) groups excluding carboxylic acids is 2. The number of halogens is 4. The fourth-order valence-corrected chi connectivity index (χ4v) is 6.23. The van der Waals surface area contributed by atoms with E-state index in [1.165, 1.54) is 0 Å². The number of hydrogen-bond acceptors (Lipinski definition) is 4. The minimum atomic E-state index is -0.0295. The Morgan fingerprint density at radius 1 is 0.810 bits per heavy atom. The molecule has 0 unspecified atom stereocenters. The van der Waals surface area contributed by atoms with Gasteiger partial charge in [-0.15, -0.1) is 0 Å². The van der Waals surface area contributed by atoms with Gasteiger partial charge in [0.15, 0.2) is 0 Å². The van der Waals surface area contributed by atoms with Crippen LogP contribution in [0.5, 0.6) is 0 Å². The Kier molecular flexibility index (Phi) is 14.7. The van der Waals surface area contributed by atoms with E-state index in [0.29, 0.717) is 71.3 Å². The van der Waals surface area contributed by atoms with Crippen molar-refractivity contribution in [2.45, 2.75) is 77.3 Å². The van der Waals surface area contributed by atoms with Crippen LogP contribution in [0.1, 0.15) is 63.5 Å². The van der Waals surface area contributed by atoms with Crippen LogP contribution in [0.4, 0.5) is 0 Å². The van der Waals surface area contributed by atoms with Gasteiger partial charge in [-0.2, -0.15) is 0 Å². The minimum absolute atomic E-state index is 0.0253. The Morgan fingerprint density at radius 3 is 1.83 bits per heavy atom. The van der Waals surface area contributed by atoms with E-state index in [1.807, 2.05) is 34.1 Å². The molecule has 0 spiro atoms. The number of aryl methyl sites for hydroxylation is 2. The summed E-state index contributed by atoms with van der Waals surface area (Å²) in [4.78, 5) is 31.5. The Labute approximate surface area is 271 Å². The van der Waals surface area contributed by atoms with Gasteiger partial charge in [0.25, 0.3) is 0 Å². The van der Waals surface area contributed by atoms with Crippen LogP contribution in [0.15, 0.2) is 36.4 Å². The van der Waals surface area contributed by atoms with Crippen molar-refractivity contribution in [1.29, 1.82) is 0 Å². The van der Waals surface area contributed by atoms with E-state index < -0.39 is 0 Å². The van der Waals surface area contributed by atoms with Crippen molar-refractivity contribution >= 4 is 58.2 Å². The smallest absolute Gasteiger partial charge is 0.223 e. The first kappa shape index (κ1) is 34.9. The van der Waals surface area contributed by atoms with Crippen LogP contribution in [0.2, 0.25) is 20.1 Å². The van der Waals surface area contributed by atoms with Crippen LogP contribution in [-0.2, 0) is 22.4 Å². The second kappa shape index (κ2) is 17.7. The van der Waals surface area contributed by atoms with Gasteiger partial charge in [-0.1, -0.05) is 78.8 Å². The van der Waals surface area contributed by atoms with Crippen LogP contribution in [0, 0.1) is 5.92 Å². The lowest BCUT2D eigenvalue weighted by molar-refractivity contribution is -0.147. The summed E-state index contributed by atoms with van der Waals surface area (Å²) in [5, 5.41) is 5.34. The second-order valence-corrected chi connectivity index (χ2v) is 13.2. The lowest BCUT2D eigenvalue weighted by Crippen LogP contribution is -2.61. The number of hydrogen-bond donors (Lipinski definition) is 2. The third kappa shape index (κ3) is 10.9. The number of rotatable bonds is 15. The van der Waals surface area contributed by atoms with Gasteiger partial charge in [0.1, 0.15) is 0 Å². The quantitative estimate of drug-likeness (QED) is 0.202. The van der Waals surface area contributed by atoms with Gasteiger partial charge < -0.3 is 20.9 Å². The van der Waals surface area contributed by atoms with Crippen molar-refractivity contribution in [3.05, 3.63) is 67.6 Å². The van der Waals surface area contributed by atoms with Crippen LogP contribution in [0.3, 0.4) is 0 Å². The molecule has 3 N–H and O–H groups in total. The third-order valence-electron chi connectivity index (χ3n) is 7.77. The first-order chi connectivity index (χ1) is 20.1. The first-order valence-corrected chi connectivity index (χ1v) is 16.5. The maximum absolute atomic E-state index is 13.7. The summed E-state index contributed by atoms with van der Waals surface area (Å²) in [5.74, 6) is 0.618. The molecule has 1 fully saturated rings. The number of nitrogens with two attached hydrogens (primary N) is 1. The number of nitrogens with one attached hydrogen (secondary N) is 1. The molecule has 3 rings (SSSR count). The second-order valence-electron chi connectivity index (χ2n) is 11.6. The molecule has 2 amide bonds. The molecule has 42 heavy (non-hydrogen) atoms. The number of piperazine rings is 1. The van der Waals surface area contributed by atoms with Crippen LogP contribution < -0.4 is 11.1 Å². The number of benzene rings is 2. The van der Waals surface area contributed by atoms with Gasteiger partial charge in [-0.25, -0.2) is 0 Å². The summed E-state index contributed by atoms with van der Waals surface area (Å²) in [5.41, 5.74) is 7.56. The maximum Gasteiger partial charge on any atom is 0.223 e. The fraction of sp³-hybridized carbons (Fsp3) is 0.562. The van der Waals surface area contributed by atoms with E-state index in [1.54, 1.807) is 12.1 Å². The summed E-state index contributed by atoms with van der Waals surface area (Å²) < 4.78 is 0. The highest BCUT2D eigenvalue weighted by molar-refractivity contribution is 6.42. The highest BCUT2D eigenvalue weighted by Crippen LogP contribution is 2.28. The molecular weight excluding hydrogens is 614 g/mol. The van der Waals surface area contributed by atoms with Crippen molar-refractivity contribution in [3.63, 3.8) is 0 Å². The van der Waals surface area contributed by atoms with Gasteiger partial charge >= 0.3 is 0 Å². The predicted octanol–water partition coefficient (Wildman–Crippen LogP) is 7.04. The van der Waals surface area contributed by atoms with Gasteiger partial charge in [-0.3, -0.25) is 9.59 Å². The summed E-state index contributed by atoms with van der Waals surface area (Å²) in [6, 6.07) is 11.0. The first-order valence-electron chi connectivity index (χ1n) is 15.0. The molecule has 2 aromatic carbocycles. The molecular formula is C32H44Cl4N4O2. The number of nitrogens with zero attached hydrogens (tertiary/aromatic N) is 2. The van der Waals surface area contributed by atoms with Gasteiger partial charge in [0.2, 0.25) is 11.8 Å². The molecule has 6 nitrogen and oxygen atoms in total. The molecule has 232 valence electrons. The molecule has 2 atom stereocenters. The predicted molar refractivity (Wildman–Crippen MR) is 176 cm³/mol. The average Bonchev–Trinajstić information content (AvgIpc) is 2.95. The molecule has 1 aliphatic rings. The van der Waals surface area contributed by atoms with Crippen LogP contribution >= 0.6 is 46.4 Å². The van der Waals surface area contributed by atoms with E-state index in [2.05, 4.69) is 19.2 Å². The fourth-order valence-electron chi connectivity index (χ4n) is 5.59. The summed E-state index contributed by atoms with van der Waals surface area (Å²) >= 11 is 24.6. The van der Waals surface area contributed by atoms with E-state index in [9.17, 15) is 9.59 Å². The molecule has 0 saturated carbocycles. The third-order valence-corrected chi connectivity index (χ3v) is 9.24. The highest BCUT2D eigenvalue weighted by atomic mass is 35.5. The van der Waals surface area contributed by atoms with Crippen molar-refractivity contribution < 1.29 is 9.59 Å². The largest absolute Gasteiger partial charge is 0.336 e. The van der Waals surface area contributed by atoms with Crippen LogP contribution in [0.25, 0.3) is 0 Å². The molecule has 10 heteroatoms. The highest BCUT2D eigenvalue weighted by Gasteiger charge is 2.38. The number of unbranched alkanes of at least 4 members (excludes halogenated alkanes) is 1. The lowest BCUT2D eigenvalue weighted by Gasteiger charge is -2.47. The summed E-state index contributed by atoms with van der Waals surface area (Å²) in [6.07, 6.45) is 5.56. The summed E-state index contributed by atoms with van der Waals surface area (Å²) in [6.45, 7) is 7.71. The van der Waals surface area contributed by atoms with Crippen molar-refractivity contribution in [1.82, 2.24) is 15.1 Å². The Balaban J connectivity index is 1.73. The van der Waals surface area contributed by atoms with E-state index in [-0.39, 0.29) is 23.9 Å². The Bertz CT molecular complexity index is 1180. The molecule has 0 aliphatic carbocycles. The minimum Gasteiger partial charge on any atom is -0.336 e. The van der Waals surface area contributed by atoms with Crippen molar-refractivity contribution in [3.8, 4) is 0 Å².